The maximum absolute atomic E-state index is 11.9. The van der Waals surface area contributed by atoms with Crippen LogP contribution in [0.4, 0.5) is 0 Å². The van der Waals surface area contributed by atoms with E-state index in [0.717, 1.165) is 4.90 Å². The van der Waals surface area contributed by atoms with Crippen LogP contribution in [0.1, 0.15) is 26.7 Å². The molecule has 0 aromatic carbocycles. The number of carboxylic acids is 1. The van der Waals surface area contributed by atoms with E-state index in [2.05, 4.69) is 0 Å². The summed E-state index contributed by atoms with van der Waals surface area (Å²) in [7, 11) is 1.52. The van der Waals surface area contributed by atoms with Crippen molar-refractivity contribution in [3.63, 3.8) is 0 Å². The average molecular weight is 257 g/mol. The quantitative estimate of drug-likeness (QED) is 0.553. The third kappa shape index (κ3) is 2.69. The Bertz CT molecular complexity index is 334. The number of imide groups is 1. The molecule has 1 aliphatic rings. The minimum atomic E-state index is -1.14. The van der Waals surface area contributed by atoms with Crippen molar-refractivity contribution in [3.8, 4) is 0 Å². The van der Waals surface area contributed by atoms with Gasteiger partial charge in [-0.05, 0) is 12.8 Å². The van der Waals surface area contributed by atoms with E-state index in [1.54, 1.807) is 13.8 Å². The molecule has 2 amide bonds. The molecule has 0 aromatic rings. The van der Waals surface area contributed by atoms with Gasteiger partial charge in [0.1, 0.15) is 6.04 Å². The number of aliphatic carboxylic acids is 1. The summed E-state index contributed by atoms with van der Waals surface area (Å²) < 4.78 is 4.85. The number of hydrogen-bond donors (Lipinski definition) is 1. The van der Waals surface area contributed by atoms with Gasteiger partial charge in [-0.1, -0.05) is 13.8 Å². The normalized spacial score (nSPS) is 25.6. The number of rotatable bonds is 6. The highest BCUT2D eigenvalue weighted by Gasteiger charge is 2.47. The second kappa shape index (κ2) is 5.95. The number of amides is 2. The van der Waals surface area contributed by atoms with E-state index in [1.165, 1.54) is 7.11 Å². The van der Waals surface area contributed by atoms with Crippen LogP contribution in [-0.4, -0.2) is 47.5 Å². The van der Waals surface area contributed by atoms with E-state index in [9.17, 15) is 14.4 Å². The number of likely N-dealkylation sites (tertiary alicyclic amines) is 1. The second-order valence-electron chi connectivity index (χ2n) is 4.61. The highest BCUT2D eigenvalue weighted by atomic mass is 16.5. The highest BCUT2D eigenvalue weighted by Crippen LogP contribution is 2.28. The smallest absolute Gasteiger partial charge is 0.326 e. The Morgan fingerprint density at radius 2 is 1.83 bits per heavy atom. The maximum Gasteiger partial charge on any atom is 0.326 e. The van der Waals surface area contributed by atoms with E-state index in [0.29, 0.717) is 13.0 Å². The monoisotopic (exact) mass is 257 g/mol. The third-order valence-corrected chi connectivity index (χ3v) is 3.43. The summed E-state index contributed by atoms with van der Waals surface area (Å²) in [6.45, 7) is 3.71. The topological polar surface area (TPSA) is 83.9 Å². The van der Waals surface area contributed by atoms with Crippen LogP contribution in [0, 0.1) is 11.8 Å². The van der Waals surface area contributed by atoms with Crippen LogP contribution in [-0.2, 0) is 19.1 Å². The largest absolute Gasteiger partial charge is 0.480 e. The van der Waals surface area contributed by atoms with Gasteiger partial charge in [0.15, 0.2) is 0 Å². The first-order chi connectivity index (χ1) is 8.41. The number of carbonyl (C=O) groups excluding carboxylic acids is 2. The highest BCUT2D eigenvalue weighted by molar-refractivity contribution is 6.07. The Hall–Kier alpha value is -1.43. The van der Waals surface area contributed by atoms with Crippen molar-refractivity contribution >= 4 is 17.8 Å². The summed E-state index contributed by atoms with van der Waals surface area (Å²) in [6, 6.07) is -1.08. The SMILES string of the molecule is COCCCC(C(=O)O)N1C(=O)C(C)C(C)C1=O. The van der Waals surface area contributed by atoms with Crippen LogP contribution in [0.25, 0.3) is 0 Å². The minimum Gasteiger partial charge on any atom is -0.480 e. The standard InChI is InChI=1S/C12H19NO5/c1-7-8(2)11(15)13(10(7)14)9(12(16)17)5-4-6-18-3/h7-9H,4-6H2,1-3H3,(H,16,17). The molecule has 0 aromatic heterocycles. The zero-order valence-electron chi connectivity index (χ0n) is 10.9. The minimum absolute atomic E-state index is 0.222. The van der Waals surface area contributed by atoms with E-state index in [4.69, 9.17) is 9.84 Å². The first-order valence-electron chi connectivity index (χ1n) is 6.00. The molecule has 3 atom stereocenters. The summed E-state index contributed by atoms with van der Waals surface area (Å²) in [4.78, 5) is 35.9. The molecule has 0 radical (unpaired) electrons. The molecule has 1 N–H and O–H groups in total. The van der Waals surface area contributed by atoms with Crippen LogP contribution in [0.5, 0.6) is 0 Å². The summed E-state index contributed by atoms with van der Waals surface area (Å²) >= 11 is 0. The lowest BCUT2D eigenvalue weighted by Crippen LogP contribution is -2.45. The van der Waals surface area contributed by atoms with Crippen molar-refractivity contribution in [1.29, 1.82) is 0 Å². The predicted molar refractivity (Wildman–Crippen MR) is 62.7 cm³/mol. The van der Waals surface area contributed by atoms with Crippen molar-refractivity contribution in [2.75, 3.05) is 13.7 Å². The number of hydrogen-bond acceptors (Lipinski definition) is 4. The molecule has 0 bridgehead atoms. The Morgan fingerprint density at radius 1 is 1.33 bits per heavy atom. The predicted octanol–water partition coefficient (Wildman–Crippen LogP) is 0.507. The van der Waals surface area contributed by atoms with Gasteiger partial charge in [0.05, 0.1) is 0 Å². The lowest BCUT2D eigenvalue weighted by molar-refractivity contribution is -0.155. The summed E-state index contributed by atoms with van der Waals surface area (Å²) in [5.41, 5.74) is 0. The fraction of sp³-hybridized carbons (Fsp3) is 0.750. The van der Waals surface area contributed by atoms with E-state index in [-0.39, 0.29) is 6.42 Å². The van der Waals surface area contributed by atoms with E-state index < -0.39 is 35.7 Å². The first-order valence-corrected chi connectivity index (χ1v) is 6.00. The molecule has 1 aliphatic heterocycles. The Morgan fingerprint density at radius 3 is 2.22 bits per heavy atom. The lowest BCUT2D eigenvalue weighted by atomic mass is 10.00. The Kier molecular flexibility index (Phi) is 4.84. The van der Waals surface area contributed by atoms with Gasteiger partial charge in [-0.25, -0.2) is 4.79 Å². The van der Waals surface area contributed by atoms with Crippen molar-refractivity contribution in [3.05, 3.63) is 0 Å². The van der Waals surface area contributed by atoms with Crippen molar-refractivity contribution in [1.82, 2.24) is 4.90 Å². The van der Waals surface area contributed by atoms with Gasteiger partial charge in [0, 0.05) is 25.6 Å². The molecule has 3 unspecified atom stereocenters. The molecule has 1 fully saturated rings. The molecule has 6 heteroatoms. The van der Waals surface area contributed by atoms with Gasteiger partial charge in [-0.2, -0.15) is 0 Å². The summed E-state index contributed by atoms with van der Waals surface area (Å²) in [5, 5.41) is 9.15. The van der Waals surface area contributed by atoms with Gasteiger partial charge in [0.2, 0.25) is 11.8 Å². The average Bonchev–Trinajstić information content (AvgIpc) is 2.51. The molecule has 0 aliphatic carbocycles. The van der Waals surface area contributed by atoms with Crippen molar-refractivity contribution in [2.24, 2.45) is 11.8 Å². The molecule has 0 saturated carbocycles. The fourth-order valence-corrected chi connectivity index (χ4v) is 2.07. The van der Waals surface area contributed by atoms with Crippen molar-refractivity contribution in [2.45, 2.75) is 32.7 Å². The number of nitrogens with zero attached hydrogens (tertiary/aromatic N) is 1. The molecule has 6 nitrogen and oxygen atoms in total. The van der Waals surface area contributed by atoms with E-state index in [1.807, 2.05) is 0 Å². The molecular weight excluding hydrogens is 238 g/mol. The van der Waals surface area contributed by atoms with Gasteiger partial charge < -0.3 is 9.84 Å². The van der Waals surface area contributed by atoms with Crippen molar-refractivity contribution < 1.29 is 24.2 Å². The van der Waals surface area contributed by atoms with Crippen LogP contribution in [0.2, 0.25) is 0 Å². The number of carboxylic acid groups (broad SMARTS) is 1. The molecule has 1 saturated heterocycles. The van der Waals surface area contributed by atoms with Crippen LogP contribution in [0.15, 0.2) is 0 Å². The van der Waals surface area contributed by atoms with Gasteiger partial charge >= 0.3 is 5.97 Å². The zero-order chi connectivity index (χ0) is 13.9. The molecule has 102 valence electrons. The number of ether oxygens (including phenoxy) is 1. The van der Waals surface area contributed by atoms with Gasteiger partial charge in [-0.3, -0.25) is 14.5 Å². The third-order valence-electron chi connectivity index (χ3n) is 3.43. The van der Waals surface area contributed by atoms with Crippen LogP contribution in [0.3, 0.4) is 0 Å². The molecule has 18 heavy (non-hydrogen) atoms. The molecule has 0 spiro atoms. The summed E-state index contributed by atoms with van der Waals surface area (Å²) in [5.74, 6) is -2.81. The zero-order valence-corrected chi connectivity index (χ0v) is 10.9. The molecular formula is C12H19NO5. The molecule has 1 rings (SSSR count). The first kappa shape index (κ1) is 14.6. The second-order valence-corrected chi connectivity index (χ2v) is 4.61. The van der Waals surface area contributed by atoms with Gasteiger partial charge in [0.25, 0.3) is 0 Å². The number of methoxy groups -OCH3 is 1. The van der Waals surface area contributed by atoms with Gasteiger partial charge in [-0.15, -0.1) is 0 Å². The lowest BCUT2D eigenvalue weighted by Gasteiger charge is -2.22. The Labute approximate surface area is 106 Å². The van der Waals surface area contributed by atoms with Crippen LogP contribution >= 0.6 is 0 Å². The number of carbonyl (C=O) groups is 3. The maximum atomic E-state index is 11.9. The Balaban J connectivity index is 2.83. The van der Waals surface area contributed by atoms with E-state index >= 15 is 0 Å². The molecule has 1 heterocycles. The summed E-state index contributed by atoms with van der Waals surface area (Å²) in [6.07, 6.45) is 0.716. The fourth-order valence-electron chi connectivity index (χ4n) is 2.07. The van der Waals surface area contributed by atoms with Crippen LogP contribution < -0.4 is 0 Å².